The molecule has 0 aliphatic carbocycles. The maximum absolute atomic E-state index is 7.49. The lowest BCUT2D eigenvalue weighted by atomic mass is 10.1. The van der Waals surface area contributed by atoms with Crippen molar-refractivity contribution in [1.82, 2.24) is 4.90 Å². The molecule has 0 spiro atoms. The summed E-state index contributed by atoms with van der Waals surface area (Å²) in [6.07, 6.45) is 1.08. The van der Waals surface area contributed by atoms with Gasteiger partial charge in [-0.25, -0.2) is 0 Å². The van der Waals surface area contributed by atoms with Crippen molar-refractivity contribution in [2.24, 2.45) is 5.73 Å². The van der Waals surface area contributed by atoms with Crippen LogP contribution in [0.4, 0.5) is 5.69 Å². The van der Waals surface area contributed by atoms with Crippen molar-refractivity contribution in [3.05, 3.63) is 29.8 Å². The number of rotatable bonds is 0. The highest BCUT2D eigenvalue weighted by Gasteiger charge is 2.33. The number of para-hydroxylation sites is 1. The fourth-order valence-electron chi connectivity index (χ4n) is 2.78. The van der Waals surface area contributed by atoms with Crippen LogP contribution in [0.3, 0.4) is 0 Å². The van der Waals surface area contributed by atoms with Crippen LogP contribution < -0.4 is 10.6 Å². The lowest BCUT2D eigenvalue weighted by molar-refractivity contribution is 0.330. The zero-order valence-corrected chi connectivity index (χ0v) is 10.4. The summed E-state index contributed by atoms with van der Waals surface area (Å²) in [7, 11) is 0. The third kappa shape index (κ3) is 1.93. The summed E-state index contributed by atoms with van der Waals surface area (Å²) in [6, 6.07) is 9.08. The van der Waals surface area contributed by atoms with E-state index in [0.717, 1.165) is 26.1 Å². The number of halogens is 1. The van der Waals surface area contributed by atoms with Gasteiger partial charge in [0.1, 0.15) is 0 Å². The maximum atomic E-state index is 7.49. The van der Waals surface area contributed by atoms with Crippen LogP contribution in [-0.4, -0.2) is 36.5 Å². The molecule has 1 aromatic carbocycles. The quantitative estimate of drug-likeness (QED) is 0.536. The van der Waals surface area contributed by atoms with Gasteiger partial charge in [-0.2, -0.15) is 0 Å². The summed E-state index contributed by atoms with van der Waals surface area (Å²) in [4.78, 5) is 4.42. The third-order valence-electron chi connectivity index (χ3n) is 3.58. The summed E-state index contributed by atoms with van der Waals surface area (Å²) >= 11 is 0. The van der Waals surface area contributed by atoms with E-state index in [1.807, 2.05) is 4.90 Å². The molecule has 3 N–H and O–H groups in total. The monoisotopic (exact) mass is 252 g/mol. The molecule has 2 aliphatic heterocycles. The summed E-state index contributed by atoms with van der Waals surface area (Å²) < 4.78 is 0. The number of fused-ring (bicyclic) bond motifs is 3. The van der Waals surface area contributed by atoms with Crippen LogP contribution in [0.25, 0.3) is 0 Å². The van der Waals surface area contributed by atoms with Gasteiger partial charge in [0.25, 0.3) is 0 Å². The lowest BCUT2D eigenvalue weighted by Gasteiger charge is -2.39. The van der Waals surface area contributed by atoms with Gasteiger partial charge in [-0.1, -0.05) is 18.2 Å². The predicted molar refractivity (Wildman–Crippen MR) is 72.0 cm³/mol. The Morgan fingerprint density at radius 3 is 2.82 bits per heavy atom. The summed E-state index contributed by atoms with van der Waals surface area (Å²) in [6.45, 7) is 2.71. The Bertz CT molecular complexity index is 434. The van der Waals surface area contributed by atoms with Crippen LogP contribution in [-0.2, 0) is 6.42 Å². The van der Waals surface area contributed by atoms with Gasteiger partial charge in [0.05, 0.1) is 6.04 Å². The number of benzene rings is 1. The van der Waals surface area contributed by atoms with Crippen molar-refractivity contribution in [2.45, 2.75) is 12.5 Å². The second kappa shape index (κ2) is 4.45. The fourth-order valence-corrected chi connectivity index (χ4v) is 2.78. The first-order valence-corrected chi connectivity index (χ1v) is 5.69. The van der Waals surface area contributed by atoms with E-state index in [9.17, 15) is 0 Å². The van der Waals surface area contributed by atoms with E-state index in [2.05, 4.69) is 29.2 Å². The van der Waals surface area contributed by atoms with E-state index in [1.165, 1.54) is 11.3 Å². The molecule has 1 unspecified atom stereocenters. The molecule has 1 aromatic rings. The van der Waals surface area contributed by atoms with Crippen LogP contribution in [0, 0.1) is 5.41 Å². The highest BCUT2D eigenvalue weighted by atomic mass is 35.5. The molecular formula is C12H17ClN4. The first-order chi connectivity index (χ1) is 7.75. The van der Waals surface area contributed by atoms with E-state index in [1.54, 1.807) is 0 Å². The summed E-state index contributed by atoms with van der Waals surface area (Å²) in [5.41, 5.74) is 8.35. The van der Waals surface area contributed by atoms with Gasteiger partial charge in [-0.15, -0.1) is 12.4 Å². The molecule has 17 heavy (non-hydrogen) atoms. The van der Waals surface area contributed by atoms with Gasteiger partial charge in [0.15, 0.2) is 5.96 Å². The van der Waals surface area contributed by atoms with Crippen LogP contribution in [0.5, 0.6) is 0 Å². The minimum absolute atomic E-state index is 0. The molecule has 5 heteroatoms. The number of hydrogen-bond acceptors (Lipinski definition) is 2. The Balaban J connectivity index is 0.00000108. The summed E-state index contributed by atoms with van der Waals surface area (Å²) in [5, 5.41) is 7.49. The Kier molecular flexibility index (Phi) is 3.15. The predicted octanol–water partition coefficient (Wildman–Crippen LogP) is 1.05. The number of hydrogen-bond donors (Lipinski definition) is 2. The Hall–Kier alpha value is -1.42. The van der Waals surface area contributed by atoms with Gasteiger partial charge in [-0.3, -0.25) is 5.41 Å². The molecule has 0 saturated carbocycles. The molecule has 2 aliphatic rings. The second-order valence-electron chi connectivity index (χ2n) is 4.51. The molecule has 0 amide bonds. The van der Waals surface area contributed by atoms with E-state index >= 15 is 0 Å². The van der Waals surface area contributed by atoms with Crippen LogP contribution >= 0.6 is 12.4 Å². The van der Waals surface area contributed by atoms with Gasteiger partial charge in [0, 0.05) is 25.3 Å². The molecule has 1 atom stereocenters. The lowest BCUT2D eigenvalue weighted by Crippen LogP contribution is -2.55. The number of nitrogens with one attached hydrogen (secondary N) is 1. The topological polar surface area (TPSA) is 56.4 Å². The standard InChI is InChI=1S/C12H16N4.ClH/c13-12(14)15-5-6-16-10(8-15)7-9-3-1-2-4-11(9)16;/h1-4,10H,5-8H2,(H3,13,14);1H. The highest BCUT2D eigenvalue weighted by Crippen LogP contribution is 2.33. The molecular weight excluding hydrogens is 236 g/mol. The highest BCUT2D eigenvalue weighted by molar-refractivity contribution is 5.85. The molecule has 2 heterocycles. The fraction of sp³-hybridized carbons (Fsp3) is 0.417. The molecule has 0 radical (unpaired) electrons. The first kappa shape index (κ1) is 12.0. The van der Waals surface area contributed by atoms with Crippen LogP contribution in [0.15, 0.2) is 24.3 Å². The van der Waals surface area contributed by atoms with Crippen molar-refractivity contribution < 1.29 is 0 Å². The van der Waals surface area contributed by atoms with Crippen molar-refractivity contribution in [1.29, 1.82) is 5.41 Å². The molecule has 4 nitrogen and oxygen atoms in total. The Morgan fingerprint density at radius 2 is 2.06 bits per heavy atom. The zero-order valence-electron chi connectivity index (χ0n) is 9.60. The van der Waals surface area contributed by atoms with Gasteiger partial charge in [-0.05, 0) is 18.1 Å². The largest absolute Gasteiger partial charge is 0.370 e. The van der Waals surface area contributed by atoms with Crippen molar-refractivity contribution >= 4 is 24.1 Å². The molecule has 0 aromatic heterocycles. The van der Waals surface area contributed by atoms with Gasteiger partial charge >= 0.3 is 0 Å². The normalized spacial score (nSPS) is 21.5. The Morgan fingerprint density at radius 1 is 1.29 bits per heavy atom. The SMILES string of the molecule is Cl.N=C(N)N1CCN2c3ccccc3CC2C1. The van der Waals surface area contributed by atoms with Crippen molar-refractivity contribution in [2.75, 3.05) is 24.5 Å². The smallest absolute Gasteiger partial charge is 0.188 e. The Labute approximate surface area is 107 Å². The van der Waals surface area contributed by atoms with Crippen molar-refractivity contribution in [3.63, 3.8) is 0 Å². The second-order valence-corrected chi connectivity index (χ2v) is 4.51. The zero-order chi connectivity index (χ0) is 11.1. The van der Waals surface area contributed by atoms with Crippen molar-refractivity contribution in [3.8, 4) is 0 Å². The van der Waals surface area contributed by atoms with Crippen LogP contribution in [0.2, 0.25) is 0 Å². The number of piperazine rings is 1. The minimum atomic E-state index is 0. The van der Waals surface area contributed by atoms with E-state index in [4.69, 9.17) is 11.1 Å². The molecule has 1 fully saturated rings. The molecule has 3 rings (SSSR count). The van der Waals surface area contributed by atoms with Crippen LogP contribution in [0.1, 0.15) is 5.56 Å². The maximum Gasteiger partial charge on any atom is 0.188 e. The number of nitrogens with zero attached hydrogens (tertiary/aromatic N) is 2. The van der Waals surface area contributed by atoms with E-state index in [0.29, 0.717) is 6.04 Å². The minimum Gasteiger partial charge on any atom is -0.370 e. The number of anilines is 1. The summed E-state index contributed by atoms with van der Waals surface area (Å²) in [5.74, 6) is 0.204. The average Bonchev–Trinajstić information content (AvgIpc) is 2.66. The third-order valence-corrected chi connectivity index (χ3v) is 3.58. The molecule has 92 valence electrons. The number of guanidine groups is 1. The molecule has 0 bridgehead atoms. The van der Waals surface area contributed by atoms with Gasteiger partial charge in [0.2, 0.25) is 0 Å². The van der Waals surface area contributed by atoms with E-state index in [-0.39, 0.29) is 18.4 Å². The number of nitrogens with two attached hydrogens (primary N) is 1. The first-order valence-electron chi connectivity index (χ1n) is 5.69. The average molecular weight is 253 g/mol. The van der Waals surface area contributed by atoms with E-state index < -0.39 is 0 Å². The van der Waals surface area contributed by atoms with Gasteiger partial charge < -0.3 is 15.5 Å². The molecule has 1 saturated heterocycles.